The van der Waals surface area contributed by atoms with Crippen molar-refractivity contribution >= 4 is 71.1 Å². The van der Waals surface area contributed by atoms with Crippen molar-refractivity contribution in [3.63, 3.8) is 0 Å². The molecule has 0 aliphatic carbocycles. The standard InChI is InChI=1S/C12H6Br2Cl2Si/c13-7-1-3-11-9(5-7)10-6-8(14)2-4-12(10)17(11,15)16/h1-6H. The second-order valence-electron chi connectivity index (χ2n) is 3.95. The molecule has 0 spiro atoms. The number of benzene rings is 2. The summed E-state index contributed by atoms with van der Waals surface area (Å²) in [6.45, 7) is -2.52. The summed E-state index contributed by atoms with van der Waals surface area (Å²) in [6.07, 6.45) is 0. The van der Waals surface area contributed by atoms with E-state index in [-0.39, 0.29) is 0 Å². The third-order valence-corrected chi connectivity index (χ3v) is 8.58. The van der Waals surface area contributed by atoms with E-state index in [0.29, 0.717) is 0 Å². The third kappa shape index (κ3) is 1.83. The Hall–Kier alpha value is 0.197. The van der Waals surface area contributed by atoms with E-state index in [1.54, 1.807) is 0 Å². The molecule has 5 heteroatoms. The van der Waals surface area contributed by atoms with Crippen molar-refractivity contribution in [1.82, 2.24) is 0 Å². The van der Waals surface area contributed by atoms with Gasteiger partial charge >= 0.3 is 6.69 Å². The highest BCUT2D eigenvalue weighted by Gasteiger charge is 2.43. The lowest BCUT2D eigenvalue weighted by molar-refractivity contribution is 1.64. The van der Waals surface area contributed by atoms with Gasteiger partial charge in [0.2, 0.25) is 0 Å². The lowest BCUT2D eigenvalue weighted by atomic mass is 10.1. The van der Waals surface area contributed by atoms with E-state index >= 15 is 0 Å². The molecular weight excluding hydrogens is 403 g/mol. The average Bonchev–Trinajstić information content (AvgIpc) is 2.47. The van der Waals surface area contributed by atoms with Crippen LogP contribution in [0.15, 0.2) is 45.3 Å². The third-order valence-electron chi connectivity index (χ3n) is 2.93. The van der Waals surface area contributed by atoms with Crippen molar-refractivity contribution in [1.29, 1.82) is 0 Å². The largest absolute Gasteiger partial charge is 0.311 e. The summed E-state index contributed by atoms with van der Waals surface area (Å²) in [6, 6.07) is 12.2. The number of rotatable bonds is 0. The first kappa shape index (κ1) is 12.2. The van der Waals surface area contributed by atoms with Gasteiger partial charge in [0.05, 0.1) is 0 Å². The van der Waals surface area contributed by atoms with E-state index < -0.39 is 6.69 Å². The quantitative estimate of drug-likeness (QED) is 0.452. The molecule has 3 rings (SSSR count). The Morgan fingerprint density at radius 2 is 1.18 bits per heavy atom. The predicted octanol–water partition coefficient (Wildman–Crippen LogP) is 4.23. The Labute approximate surface area is 127 Å². The lowest BCUT2D eigenvalue weighted by Crippen LogP contribution is -2.44. The van der Waals surface area contributed by atoms with Crippen molar-refractivity contribution < 1.29 is 0 Å². The normalized spacial score (nSPS) is 15.5. The summed E-state index contributed by atoms with van der Waals surface area (Å²) in [7, 11) is 0. The maximum absolute atomic E-state index is 6.61. The summed E-state index contributed by atoms with van der Waals surface area (Å²) in [4.78, 5) is 0. The monoisotopic (exact) mass is 406 g/mol. The molecule has 0 saturated heterocycles. The molecule has 0 bridgehead atoms. The van der Waals surface area contributed by atoms with Crippen LogP contribution in [0.1, 0.15) is 0 Å². The van der Waals surface area contributed by atoms with Gasteiger partial charge in [0.25, 0.3) is 0 Å². The van der Waals surface area contributed by atoms with Crippen LogP contribution in [0, 0.1) is 0 Å². The number of fused-ring (bicyclic) bond motifs is 3. The SMILES string of the molecule is Cl[Si]1(Cl)c2ccc(Br)cc2-c2cc(Br)ccc21. The first-order chi connectivity index (χ1) is 8.00. The molecule has 0 radical (unpaired) electrons. The van der Waals surface area contributed by atoms with Crippen LogP contribution >= 0.6 is 54.0 Å². The second-order valence-corrected chi connectivity index (χ2v) is 12.0. The number of halogens is 4. The summed E-state index contributed by atoms with van der Waals surface area (Å²) in [5.41, 5.74) is 2.29. The van der Waals surface area contributed by atoms with Gasteiger partial charge in [-0.1, -0.05) is 44.0 Å². The van der Waals surface area contributed by atoms with Crippen LogP contribution in [0.25, 0.3) is 11.1 Å². The molecule has 17 heavy (non-hydrogen) atoms. The Kier molecular flexibility index (Phi) is 2.95. The molecule has 0 unspecified atom stereocenters. The van der Waals surface area contributed by atoms with E-state index in [1.807, 2.05) is 24.3 Å². The topological polar surface area (TPSA) is 0 Å². The molecule has 0 atom stereocenters. The molecule has 2 aromatic carbocycles. The van der Waals surface area contributed by atoms with Crippen LogP contribution in [0.5, 0.6) is 0 Å². The van der Waals surface area contributed by atoms with E-state index in [9.17, 15) is 0 Å². The van der Waals surface area contributed by atoms with Crippen LogP contribution in [0.3, 0.4) is 0 Å². The Bertz CT molecular complexity index is 572. The van der Waals surface area contributed by atoms with Crippen molar-refractivity contribution in [2.45, 2.75) is 0 Å². The van der Waals surface area contributed by atoms with Gasteiger partial charge in [-0.05, 0) is 45.8 Å². The first-order valence-electron chi connectivity index (χ1n) is 4.98. The maximum atomic E-state index is 6.61. The zero-order valence-electron chi connectivity index (χ0n) is 8.48. The van der Waals surface area contributed by atoms with Crippen molar-refractivity contribution in [2.24, 2.45) is 0 Å². The minimum Gasteiger partial charge on any atom is -0.134 e. The Morgan fingerprint density at radius 1 is 0.765 bits per heavy atom. The van der Waals surface area contributed by atoms with E-state index in [0.717, 1.165) is 30.4 Å². The van der Waals surface area contributed by atoms with E-state index in [1.165, 1.54) is 0 Å². The molecule has 2 aromatic rings. The zero-order valence-corrected chi connectivity index (χ0v) is 14.2. The molecule has 0 saturated carbocycles. The van der Waals surface area contributed by atoms with Crippen molar-refractivity contribution in [2.75, 3.05) is 0 Å². The molecule has 0 aromatic heterocycles. The Morgan fingerprint density at radius 3 is 1.59 bits per heavy atom. The molecule has 0 nitrogen and oxygen atoms in total. The minimum atomic E-state index is -2.52. The average molecular weight is 409 g/mol. The summed E-state index contributed by atoms with van der Waals surface area (Å²) in [5.74, 6) is 0. The van der Waals surface area contributed by atoms with Crippen LogP contribution in [0.4, 0.5) is 0 Å². The van der Waals surface area contributed by atoms with Crippen LogP contribution in [-0.4, -0.2) is 6.69 Å². The molecule has 0 fully saturated rings. The molecule has 0 amide bonds. The predicted molar refractivity (Wildman–Crippen MR) is 84.0 cm³/mol. The summed E-state index contributed by atoms with van der Waals surface area (Å²) >= 11 is 20.2. The van der Waals surface area contributed by atoms with Gasteiger partial charge in [0.15, 0.2) is 0 Å². The van der Waals surface area contributed by atoms with E-state index in [2.05, 4.69) is 44.0 Å². The van der Waals surface area contributed by atoms with Gasteiger partial charge < -0.3 is 0 Å². The zero-order chi connectivity index (χ0) is 12.2. The maximum Gasteiger partial charge on any atom is 0.311 e. The van der Waals surface area contributed by atoms with Gasteiger partial charge in [-0.3, -0.25) is 0 Å². The fourth-order valence-corrected chi connectivity index (χ4v) is 6.84. The molecule has 1 heterocycles. The van der Waals surface area contributed by atoms with Gasteiger partial charge in [-0.15, -0.1) is 22.2 Å². The highest BCUT2D eigenvalue weighted by molar-refractivity contribution is 9.10. The van der Waals surface area contributed by atoms with Gasteiger partial charge in [-0.2, -0.15) is 0 Å². The van der Waals surface area contributed by atoms with Crippen LogP contribution < -0.4 is 10.4 Å². The molecule has 86 valence electrons. The fraction of sp³-hybridized carbons (Fsp3) is 0. The minimum absolute atomic E-state index is 1.04. The van der Waals surface area contributed by atoms with Crippen LogP contribution in [-0.2, 0) is 0 Å². The molecular formula is C12H6Br2Cl2Si. The summed E-state index contributed by atoms with van der Waals surface area (Å²) in [5, 5.41) is 2.16. The second kappa shape index (κ2) is 4.10. The highest BCUT2D eigenvalue weighted by Crippen LogP contribution is 2.35. The van der Waals surface area contributed by atoms with Crippen molar-refractivity contribution in [3.05, 3.63) is 45.3 Å². The number of hydrogen-bond acceptors (Lipinski definition) is 0. The fourth-order valence-electron chi connectivity index (χ4n) is 2.17. The summed E-state index contributed by atoms with van der Waals surface area (Å²) < 4.78 is 2.09. The molecule has 0 N–H and O–H groups in total. The van der Waals surface area contributed by atoms with Gasteiger partial charge in [0, 0.05) is 8.95 Å². The van der Waals surface area contributed by atoms with E-state index in [4.69, 9.17) is 22.2 Å². The first-order valence-corrected chi connectivity index (χ1v) is 10.6. The van der Waals surface area contributed by atoms with Gasteiger partial charge in [0.1, 0.15) is 0 Å². The highest BCUT2D eigenvalue weighted by atomic mass is 79.9. The smallest absolute Gasteiger partial charge is 0.134 e. The Balaban J connectivity index is 2.39. The number of hydrogen-bond donors (Lipinski definition) is 0. The lowest BCUT2D eigenvalue weighted by Gasteiger charge is -2.12. The molecule has 1 aliphatic rings. The van der Waals surface area contributed by atoms with Crippen molar-refractivity contribution in [3.8, 4) is 11.1 Å². The molecule has 1 aliphatic heterocycles. The van der Waals surface area contributed by atoms with Crippen LogP contribution in [0.2, 0.25) is 0 Å². The van der Waals surface area contributed by atoms with Gasteiger partial charge in [-0.25, -0.2) is 0 Å².